The lowest BCUT2D eigenvalue weighted by Crippen LogP contribution is -2.38. The second-order valence-electron chi connectivity index (χ2n) is 6.55. The maximum absolute atomic E-state index is 12.4. The zero-order valence-corrected chi connectivity index (χ0v) is 15.2. The summed E-state index contributed by atoms with van der Waals surface area (Å²) in [6, 6.07) is 0. The largest absolute Gasteiger partial charge is 0.396 e. The third-order valence-corrected chi connectivity index (χ3v) is 6.22. The van der Waals surface area contributed by atoms with Gasteiger partial charge >= 0.3 is 0 Å². The van der Waals surface area contributed by atoms with Gasteiger partial charge in [-0.15, -0.1) is 23.1 Å². The van der Waals surface area contributed by atoms with Gasteiger partial charge in [0.15, 0.2) is 5.78 Å². The summed E-state index contributed by atoms with van der Waals surface area (Å²) in [5.74, 6) is 1.54. The van der Waals surface area contributed by atoms with Gasteiger partial charge in [0.25, 0.3) is 0 Å². The molecule has 1 aliphatic heterocycles. The number of thioether (sulfide) groups is 1. The number of Topliss-reactive ketones (excluding diaryl/α,β-unsaturated/α-hetero) is 1. The number of thiophene rings is 1. The van der Waals surface area contributed by atoms with Crippen molar-refractivity contribution in [2.75, 3.05) is 30.0 Å². The fourth-order valence-corrected chi connectivity index (χ4v) is 5.38. The first-order valence-corrected chi connectivity index (χ1v) is 9.64. The molecule has 1 aliphatic rings. The Morgan fingerprint density at radius 1 is 1.33 bits per heavy atom. The lowest BCUT2D eigenvalue weighted by atomic mass is 9.92. The van der Waals surface area contributed by atoms with Gasteiger partial charge in [-0.25, -0.2) is 0 Å². The first-order chi connectivity index (χ1) is 9.85. The van der Waals surface area contributed by atoms with Gasteiger partial charge in [0.2, 0.25) is 0 Å². The number of piperidine rings is 1. The van der Waals surface area contributed by atoms with E-state index in [4.69, 9.17) is 5.73 Å². The van der Waals surface area contributed by atoms with Crippen molar-refractivity contribution >= 4 is 39.6 Å². The van der Waals surface area contributed by atoms with Crippen LogP contribution in [0.4, 0.5) is 10.7 Å². The predicted molar refractivity (Wildman–Crippen MR) is 94.8 cm³/mol. The van der Waals surface area contributed by atoms with E-state index in [1.54, 1.807) is 23.1 Å². The van der Waals surface area contributed by atoms with E-state index in [2.05, 4.69) is 18.7 Å². The summed E-state index contributed by atoms with van der Waals surface area (Å²) in [6.45, 7) is 10.6. The summed E-state index contributed by atoms with van der Waals surface area (Å²) in [5.41, 5.74) is 6.96. The number of carbonyl (C=O) groups is 1. The van der Waals surface area contributed by atoms with Gasteiger partial charge in [-0.2, -0.15) is 0 Å². The standard InChI is InChI=1S/C16H26N2OS2/c1-9(2)13(19)14-12(17)15(20-5)16(21-14)18-7-10(3)6-11(4)8-18/h9-11H,6-8,17H2,1-5H3. The molecule has 0 amide bonds. The Kier molecular flexibility index (Phi) is 5.25. The maximum atomic E-state index is 12.4. The topological polar surface area (TPSA) is 46.3 Å². The van der Waals surface area contributed by atoms with E-state index in [-0.39, 0.29) is 11.7 Å². The lowest BCUT2D eigenvalue weighted by molar-refractivity contribution is 0.0944. The van der Waals surface area contributed by atoms with Crippen molar-refractivity contribution in [2.45, 2.75) is 39.0 Å². The van der Waals surface area contributed by atoms with Crippen LogP contribution in [-0.4, -0.2) is 25.1 Å². The number of rotatable bonds is 4. The van der Waals surface area contributed by atoms with Gasteiger partial charge in [0.1, 0.15) is 5.00 Å². The van der Waals surface area contributed by atoms with Crippen molar-refractivity contribution < 1.29 is 4.79 Å². The van der Waals surface area contributed by atoms with E-state index >= 15 is 0 Å². The molecule has 0 bridgehead atoms. The van der Waals surface area contributed by atoms with E-state index in [1.807, 2.05) is 20.1 Å². The van der Waals surface area contributed by atoms with E-state index in [0.29, 0.717) is 17.5 Å². The van der Waals surface area contributed by atoms with Gasteiger partial charge < -0.3 is 10.6 Å². The summed E-state index contributed by atoms with van der Waals surface area (Å²) in [5, 5.41) is 1.20. The van der Waals surface area contributed by atoms with Crippen molar-refractivity contribution in [3.8, 4) is 0 Å². The molecule has 118 valence electrons. The van der Waals surface area contributed by atoms with Crippen LogP contribution in [0.15, 0.2) is 4.90 Å². The van der Waals surface area contributed by atoms with Crippen LogP contribution in [0.5, 0.6) is 0 Å². The Morgan fingerprint density at radius 3 is 2.38 bits per heavy atom. The van der Waals surface area contributed by atoms with Crippen LogP contribution in [0.3, 0.4) is 0 Å². The average molecular weight is 327 g/mol. The van der Waals surface area contributed by atoms with Crippen molar-refractivity contribution in [2.24, 2.45) is 17.8 Å². The van der Waals surface area contributed by atoms with Gasteiger partial charge in [-0.1, -0.05) is 27.7 Å². The van der Waals surface area contributed by atoms with E-state index < -0.39 is 0 Å². The molecule has 1 aromatic rings. The van der Waals surface area contributed by atoms with Crippen molar-refractivity contribution in [3.63, 3.8) is 0 Å². The van der Waals surface area contributed by atoms with Gasteiger partial charge in [-0.05, 0) is 24.5 Å². The SMILES string of the molecule is CSc1c(N2CC(C)CC(C)C2)sc(C(=O)C(C)C)c1N. The Balaban J connectivity index is 2.39. The van der Waals surface area contributed by atoms with E-state index in [1.165, 1.54) is 11.4 Å². The molecule has 0 saturated carbocycles. The first-order valence-electron chi connectivity index (χ1n) is 7.60. The Hall–Kier alpha value is -0.680. The highest BCUT2D eigenvalue weighted by Gasteiger charge is 2.29. The van der Waals surface area contributed by atoms with Crippen molar-refractivity contribution in [3.05, 3.63) is 4.88 Å². The lowest BCUT2D eigenvalue weighted by Gasteiger charge is -2.36. The van der Waals surface area contributed by atoms with Crippen molar-refractivity contribution in [1.82, 2.24) is 0 Å². The Morgan fingerprint density at radius 2 is 1.90 bits per heavy atom. The predicted octanol–water partition coefficient (Wildman–Crippen LogP) is 4.37. The first kappa shape index (κ1) is 16.7. The van der Waals surface area contributed by atoms with Gasteiger partial charge in [-0.3, -0.25) is 4.79 Å². The third kappa shape index (κ3) is 3.39. The zero-order valence-electron chi connectivity index (χ0n) is 13.6. The quantitative estimate of drug-likeness (QED) is 0.659. The summed E-state index contributed by atoms with van der Waals surface area (Å²) < 4.78 is 0. The molecule has 2 heterocycles. The molecule has 5 heteroatoms. The normalized spacial score (nSPS) is 22.9. The molecule has 2 unspecified atom stereocenters. The molecule has 0 radical (unpaired) electrons. The van der Waals surface area contributed by atoms with Crippen LogP contribution >= 0.6 is 23.1 Å². The number of carbonyl (C=O) groups excluding carboxylic acids is 1. The van der Waals surface area contributed by atoms with Crippen LogP contribution < -0.4 is 10.6 Å². The van der Waals surface area contributed by atoms with Crippen LogP contribution in [0.25, 0.3) is 0 Å². The van der Waals surface area contributed by atoms with Crippen LogP contribution in [0.2, 0.25) is 0 Å². The molecule has 1 fully saturated rings. The minimum Gasteiger partial charge on any atom is -0.396 e. The summed E-state index contributed by atoms with van der Waals surface area (Å²) in [4.78, 5) is 16.6. The Bertz CT molecular complexity index is 515. The highest BCUT2D eigenvalue weighted by molar-refractivity contribution is 7.99. The fourth-order valence-electron chi connectivity index (χ4n) is 3.10. The van der Waals surface area contributed by atoms with Crippen LogP contribution in [0, 0.1) is 17.8 Å². The minimum atomic E-state index is -0.00675. The third-order valence-electron chi connectivity index (χ3n) is 3.99. The minimum absolute atomic E-state index is 0.00675. The Labute approximate surface area is 136 Å². The molecule has 0 aromatic carbocycles. The second-order valence-corrected chi connectivity index (χ2v) is 8.37. The molecular formula is C16H26N2OS2. The number of nitrogens with zero attached hydrogens (tertiary/aromatic N) is 1. The number of hydrogen-bond acceptors (Lipinski definition) is 5. The zero-order chi connectivity index (χ0) is 15.7. The number of anilines is 2. The molecule has 1 aromatic heterocycles. The van der Waals surface area contributed by atoms with Gasteiger partial charge in [0, 0.05) is 19.0 Å². The number of nitrogen functional groups attached to an aromatic ring is 1. The van der Waals surface area contributed by atoms with Crippen LogP contribution in [0.1, 0.15) is 43.8 Å². The monoisotopic (exact) mass is 326 g/mol. The molecule has 0 aliphatic carbocycles. The summed E-state index contributed by atoms with van der Waals surface area (Å²) in [6.07, 6.45) is 3.33. The average Bonchev–Trinajstić information content (AvgIpc) is 2.73. The highest BCUT2D eigenvalue weighted by Crippen LogP contribution is 2.45. The molecule has 2 N–H and O–H groups in total. The molecule has 0 spiro atoms. The smallest absolute Gasteiger partial charge is 0.177 e. The molecule has 3 nitrogen and oxygen atoms in total. The van der Waals surface area contributed by atoms with E-state index in [9.17, 15) is 4.79 Å². The van der Waals surface area contributed by atoms with Crippen molar-refractivity contribution in [1.29, 1.82) is 0 Å². The maximum Gasteiger partial charge on any atom is 0.177 e. The number of nitrogens with two attached hydrogens (primary N) is 1. The van der Waals surface area contributed by atoms with E-state index in [0.717, 1.165) is 22.9 Å². The van der Waals surface area contributed by atoms with Gasteiger partial charge in [0.05, 0.1) is 15.5 Å². The number of hydrogen-bond donors (Lipinski definition) is 1. The molecular weight excluding hydrogens is 300 g/mol. The summed E-state index contributed by atoms with van der Waals surface area (Å²) in [7, 11) is 0. The summed E-state index contributed by atoms with van der Waals surface area (Å²) >= 11 is 3.25. The molecule has 2 atom stereocenters. The number of ketones is 1. The molecule has 21 heavy (non-hydrogen) atoms. The second kappa shape index (κ2) is 6.61. The molecule has 2 rings (SSSR count). The van der Waals surface area contributed by atoms with Crippen LogP contribution in [-0.2, 0) is 0 Å². The highest BCUT2D eigenvalue weighted by atomic mass is 32.2. The fraction of sp³-hybridized carbons (Fsp3) is 0.688. The molecule has 1 saturated heterocycles.